The molecule has 0 bridgehead atoms. The van der Waals surface area contributed by atoms with E-state index in [-0.39, 0.29) is 11.8 Å². The molecule has 2 aromatic rings. The zero-order valence-corrected chi connectivity index (χ0v) is 9.20. The molecule has 2 heterocycles. The molecular formula is C13H10N2O2. The van der Waals surface area contributed by atoms with Crippen LogP contribution in [0.3, 0.4) is 0 Å². The molecule has 0 spiro atoms. The van der Waals surface area contributed by atoms with Gasteiger partial charge in [-0.25, -0.2) is 0 Å². The van der Waals surface area contributed by atoms with Crippen molar-refractivity contribution >= 4 is 28.3 Å². The Morgan fingerprint density at radius 3 is 2.71 bits per heavy atom. The summed E-state index contributed by atoms with van der Waals surface area (Å²) in [6.07, 6.45) is 3.10. The summed E-state index contributed by atoms with van der Waals surface area (Å²) < 4.78 is 0. The average Bonchev–Trinajstić information content (AvgIpc) is 2.81. The van der Waals surface area contributed by atoms with E-state index in [9.17, 15) is 9.59 Å². The number of fused-ring (bicyclic) bond motifs is 1. The van der Waals surface area contributed by atoms with Crippen molar-refractivity contribution < 1.29 is 9.59 Å². The Hall–Kier alpha value is -2.36. The molecule has 0 aliphatic carbocycles. The number of hydrogen-bond donors (Lipinski definition) is 2. The molecule has 1 aliphatic heterocycles. The van der Waals surface area contributed by atoms with Gasteiger partial charge in [0.25, 0.3) is 11.8 Å². The van der Waals surface area contributed by atoms with E-state index in [1.165, 1.54) is 6.08 Å². The van der Waals surface area contributed by atoms with Crippen LogP contribution in [-0.4, -0.2) is 16.8 Å². The first kappa shape index (κ1) is 9.84. The van der Waals surface area contributed by atoms with E-state index in [1.54, 1.807) is 6.20 Å². The lowest BCUT2D eigenvalue weighted by atomic mass is 10.0. The van der Waals surface area contributed by atoms with Crippen LogP contribution in [-0.2, 0) is 9.59 Å². The molecule has 17 heavy (non-hydrogen) atoms. The van der Waals surface area contributed by atoms with Crippen LogP contribution in [0, 0.1) is 6.92 Å². The van der Waals surface area contributed by atoms with Gasteiger partial charge in [-0.1, -0.05) is 12.1 Å². The lowest BCUT2D eigenvalue weighted by Gasteiger charge is -1.98. The fourth-order valence-corrected chi connectivity index (χ4v) is 2.07. The summed E-state index contributed by atoms with van der Waals surface area (Å²) in [5.74, 6) is -0.692. The first-order chi connectivity index (χ1) is 8.15. The lowest BCUT2D eigenvalue weighted by molar-refractivity contribution is -0.123. The highest BCUT2D eigenvalue weighted by atomic mass is 16.2. The minimum atomic E-state index is -0.355. The standard InChI is InChI=1S/C13H10N2O2/c1-7-2-3-8-10(6-14-11(8)4-7)9-5-12(16)15-13(9)17/h2-6,14H,1H3,(H,15,16,17). The maximum atomic E-state index is 11.6. The molecule has 1 aromatic carbocycles. The zero-order chi connectivity index (χ0) is 12.0. The van der Waals surface area contributed by atoms with E-state index in [4.69, 9.17) is 0 Å². The number of H-pyrrole nitrogens is 1. The van der Waals surface area contributed by atoms with Crippen molar-refractivity contribution in [2.45, 2.75) is 6.92 Å². The maximum absolute atomic E-state index is 11.6. The second kappa shape index (κ2) is 3.31. The second-order valence-electron chi connectivity index (χ2n) is 4.13. The lowest BCUT2D eigenvalue weighted by Crippen LogP contribution is -2.21. The number of amides is 2. The van der Waals surface area contributed by atoms with Crippen LogP contribution in [0.2, 0.25) is 0 Å². The van der Waals surface area contributed by atoms with Crippen molar-refractivity contribution in [1.29, 1.82) is 0 Å². The van der Waals surface area contributed by atoms with Gasteiger partial charge in [0.15, 0.2) is 0 Å². The van der Waals surface area contributed by atoms with Crippen molar-refractivity contribution in [2.75, 3.05) is 0 Å². The molecule has 0 saturated carbocycles. The average molecular weight is 226 g/mol. The fourth-order valence-electron chi connectivity index (χ4n) is 2.07. The van der Waals surface area contributed by atoms with Gasteiger partial charge >= 0.3 is 0 Å². The number of aromatic nitrogens is 1. The van der Waals surface area contributed by atoms with Gasteiger partial charge in [-0.15, -0.1) is 0 Å². The summed E-state index contributed by atoms with van der Waals surface area (Å²) in [4.78, 5) is 25.8. The number of aromatic amines is 1. The fraction of sp³-hybridized carbons (Fsp3) is 0.0769. The molecule has 84 valence electrons. The van der Waals surface area contributed by atoms with E-state index >= 15 is 0 Å². The molecule has 1 aliphatic rings. The molecule has 0 unspecified atom stereocenters. The Labute approximate surface area is 97.3 Å². The van der Waals surface area contributed by atoms with E-state index in [2.05, 4.69) is 10.3 Å². The molecule has 0 atom stereocenters. The maximum Gasteiger partial charge on any atom is 0.258 e. The number of carbonyl (C=O) groups excluding carboxylic acids is 2. The summed E-state index contributed by atoms with van der Waals surface area (Å²) in [6.45, 7) is 2.00. The molecule has 4 heteroatoms. The van der Waals surface area contributed by atoms with Crippen LogP contribution in [0.25, 0.3) is 16.5 Å². The number of rotatable bonds is 1. The van der Waals surface area contributed by atoms with Gasteiger partial charge in [0.2, 0.25) is 0 Å². The number of imide groups is 1. The Morgan fingerprint density at radius 1 is 1.18 bits per heavy atom. The van der Waals surface area contributed by atoms with Gasteiger partial charge < -0.3 is 4.98 Å². The molecule has 3 rings (SSSR count). The van der Waals surface area contributed by atoms with Crippen LogP contribution < -0.4 is 5.32 Å². The largest absolute Gasteiger partial charge is 0.361 e. The topological polar surface area (TPSA) is 62.0 Å². The first-order valence-electron chi connectivity index (χ1n) is 5.30. The van der Waals surface area contributed by atoms with Gasteiger partial charge in [-0.2, -0.15) is 0 Å². The van der Waals surface area contributed by atoms with Crippen LogP contribution in [0.5, 0.6) is 0 Å². The Morgan fingerprint density at radius 2 is 2.00 bits per heavy atom. The van der Waals surface area contributed by atoms with Gasteiger partial charge in [-0.3, -0.25) is 14.9 Å². The molecule has 0 fully saturated rings. The highest BCUT2D eigenvalue weighted by Crippen LogP contribution is 2.27. The first-order valence-corrected chi connectivity index (χ1v) is 5.30. The van der Waals surface area contributed by atoms with Gasteiger partial charge in [0.1, 0.15) is 0 Å². The van der Waals surface area contributed by atoms with Crippen molar-refractivity contribution in [3.63, 3.8) is 0 Å². The van der Waals surface area contributed by atoms with Gasteiger partial charge in [0.05, 0.1) is 5.57 Å². The van der Waals surface area contributed by atoms with Crippen molar-refractivity contribution in [3.05, 3.63) is 41.6 Å². The number of aryl methyl sites for hydroxylation is 1. The smallest absolute Gasteiger partial charge is 0.258 e. The second-order valence-corrected chi connectivity index (χ2v) is 4.13. The molecular weight excluding hydrogens is 216 g/mol. The van der Waals surface area contributed by atoms with Crippen molar-refractivity contribution in [3.8, 4) is 0 Å². The van der Waals surface area contributed by atoms with Crippen LogP contribution in [0.1, 0.15) is 11.1 Å². The van der Waals surface area contributed by atoms with Crippen LogP contribution in [0.15, 0.2) is 30.5 Å². The molecule has 0 saturated heterocycles. The summed E-state index contributed by atoms with van der Waals surface area (Å²) in [5, 5.41) is 3.20. The third-order valence-electron chi connectivity index (χ3n) is 2.88. The number of carbonyl (C=O) groups is 2. The molecule has 2 amide bonds. The predicted octanol–water partition coefficient (Wildman–Crippen LogP) is 1.52. The number of nitrogens with one attached hydrogen (secondary N) is 2. The van der Waals surface area contributed by atoms with E-state index in [1.807, 2.05) is 25.1 Å². The Bertz CT molecular complexity index is 680. The summed E-state index contributed by atoms with van der Waals surface area (Å²) >= 11 is 0. The molecule has 2 N–H and O–H groups in total. The zero-order valence-electron chi connectivity index (χ0n) is 9.20. The van der Waals surface area contributed by atoms with Gasteiger partial charge in [-0.05, 0) is 18.6 Å². The van der Waals surface area contributed by atoms with Crippen molar-refractivity contribution in [2.24, 2.45) is 0 Å². The van der Waals surface area contributed by atoms with Crippen LogP contribution >= 0.6 is 0 Å². The van der Waals surface area contributed by atoms with Crippen molar-refractivity contribution in [1.82, 2.24) is 10.3 Å². The molecule has 4 nitrogen and oxygen atoms in total. The summed E-state index contributed by atoms with van der Waals surface area (Å²) in [5.41, 5.74) is 3.30. The minimum Gasteiger partial charge on any atom is -0.361 e. The quantitative estimate of drug-likeness (QED) is 0.724. The highest BCUT2D eigenvalue weighted by Gasteiger charge is 2.24. The van der Waals surface area contributed by atoms with Gasteiger partial charge in [0, 0.05) is 28.7 Å². The third kappa shape index (κ3) is 1.45. The summed E-state index contributed by atoms with van der Waals surface area (Å²) in [7, 11) is 0. The van der Waals surface area contributed by atoms with Crippen LogP contribution in [0.4, 0.5) is 0 Å². The number of benzene rings is 1. The third-order valence-corrected chi connectivity index (χ3v) is 2.88. The highest BCUT2D eigenvalue weighted by molar-refractivity contribution is 6.35. The Balaban J connectivity index is 2.22. The van der Waals surface area contributed by atoms with E-state index in [0.29, 0.717) is 5.57 Å². The normalized spacial score (nSPS) is 15.2. The van der Waals surface area contributed by atoms with E-state index < -0.39 is 0 Å². The summed E-state index contributed by atoms with van der Waals surface area (Å²) in [6, 6.07) is 5.94. The monoisotopic (exact) mass is 226 g/mol. The number of hydrogen-bond acceptors (Lipinski definition) is 2. The molecule has 1 aromatic heterocycles. The SMILES string of the molecule is Cc1ccc2c(C3=CC(=O)NC3=O)c[nH]c2c1. The predicted molar refractivity (Wildman–Crippen MR) is 64.2 cm³/mol. The minimum absolute atomic E-state index is 0.337. The molecule has 0 radical (unpaired) electrons. The Kier molecular flexibility index (Phi) is 1.92. The van der Waals surface area contributed by atoms with E-state index in [0.717, 1.165) is 22.0 Å².